The third-order valence-corrected chi connectivity index (χ3v) is 5.29. The number of carbonyl (C=O) groups is 1. The summed E-state index contributed by atoms with van der Waals surface area (Å²) < 4.78 is 11.3. The Bertz CT molecular complexity index is 555. The molecule has 1 aliphatic heterocycles. The maximum Gasteiger partial charge on any atom is 0.227 e. The topological polar surface area (TPSA) is 76.8 Å². The van der Waals surface area contributed by atoms with E-state index in [4.69, 9.17) is 15.2 Å². The largest absolute Gasteiger partial charge is 0.492 e. The summed E-state index contributed by atoms with van der Waals surface area (Å²) in [7, 11) is 0. The van der Waals surface area contributed by atoms with Crippen molar-refractivity contribution < 1.29 is 14.3 Å². The molecule has 0 bridgehead atoms. The van der Waals surface area contributed by atoms with Crippen molar-refractivity contribution in [2.24, 2.45) is 11.1 Å². The fraction of sp³-hybridized carbons (Fsp3) is 0.650. The zero-order valence-corrected chi connectivity index (χ0v) is 16.1. The highest BCUT2D eigenvalue weighted by atomic mass is 16.5. The summed E-state index contributed by atoms with van der Waals surface area (Å²) in [5.41, 5.74) is 6.40. The van der Waals surface area contributed by atoms with Gasteiger partial charge in [-0.1, -0.05) is 32.0 Å². The number of benzene rings is 1. The highest BCUT2D eigenvalue weighted by Crippen LogP contribution is 2.30. The van der Waals surface area contributed by atoms with E-state index in [1.54, 1.807) is 0 Å². The number of carbonyl (C=O) groups excluding carboxylic acids is 1. The second-order valence-electron chi connectivity index (χ2n) is 6.76. The van der Waals surface area contributed by atoms with Crippen LogP contribution >= 0.6 is 0 Å². The van der Waals surface area contributed by atoms with Crippen LogP contribution in [0.5, 0.6) is 5.75 Å². The number of nitrogens with one attached hydrogen (secondary N) is 1. The molecule has 1 aromatic carbocycles. The third-order valence-electron chi connectivity index (χ3n) is 5.29. The standard InChI is InChI=1S/C20H33N3O3/c1-3-23(4-2)11-14-26-18-8-6-5-7-17(18)15-22-19(24)20(16-21)9-12-25-13-10-20/h5-8H,3-4,9-16,21H2,1-2H3,(H,22,24). The quantitative estimate of drug-likeness (QED) is 0.663. The monoisotopic (exact) mass is 363 g/mol. The molecule has 1 fully saturated rings. The smallest absolute Gasteiger partial charge is 0.227 e. The number of hydrogen-bond donors (Lipinski definition) is 2. The van der Waals surface area contributed by atoms with E-state index in [1.807, 2.05) is 24.3 Å². The first-order valence-corrected chi connectivity index (χ1v) is 9.64. The number of amides is 1. The molecule has 1 saturated heterocycles. The van der Waals surface area contributed by atoms with Crippen LogP contribution in [-0.4, -0.2) is 56.8 Å². The van der Waals surface area contributed by atoms with Crippen LogP contribution < -0.4 is 15.8 Å². The van der Waals surface area contributed by atoms with Gasteiger partial charge in [-0.2, -0.15) is 0 Å². The van der Waals surface area contributed by atoms with Crippen LogP contribution in [0, 0.1) is 5.41 Å². The number of nitrogens with zero attached hydrogens (tertiary/aromatic N) is 1. The summed E-state index contributed by atoms with van der Waals surface area (Å²) in [5, 5.41) is 3.06. The first-order valence-electron chi connectivity index (χ1n) is 9.64. The van der Waals surface area contributed by atoms with E-state index in [1.165, 1.54) is 0 Å². The van der Waals surface area contributed by atoms with Gasteiger partial charge >= 0.3 is 0 Å². The molecular formula is C20H33N3O3. The minimum Gasteiger partial charge on any atom is -0.492 e. The van der Waals surface area contributed by atoms with Crippen molar-refractivity contribution in [3.63, 3.8) is 0 Å². The van der Waals surface area contributed by atoms with Gasteiger partial charge in [-0.05, 0) is 32.0 Å². The van der Waals surface area contributed by atoms with E-state index in [0.717, 1.165) is 30.9 Å². The fourth-order valence-electron chi connectivity index (χ4n) is 3.26. The molecule has 0 aliphatic carbocycles. The summed E-state index contributed by atoms with van der Waals surface area (Å²) >= 11 is 0. The number of nitrogens with two attached hydrogens (primary N) is 1. The van der Waals surface area contributed by atoms with E-state index in [-0.39, 0.29) is 5.91 Å². The van der Waals surface area contributed by atoms with Crippen molar-refractivity contribution >= 4 is 5.91 Å². The van der Waals surface area contributed by atoms with Gasteiger partial charge in [0, 0.05) is 38.4 Å². The van der Waals surface area contributed by atoms with Crippen LogP contribution in [0.4, 0.5) is 0 Å². The molecule has 1 amide bonds. The lowest BCUT2D eigenvalue weighted by atomic mass is 9.79. The lowest BCUT2D eigenvalue weighted by Crippen LogP contribution is -2.49. The Hall–Kier alpha value is -1.63. The lowest BCUT2D eigenvalue weighted by molar-refractivity contribution is -0.136. The lowest BCUT2D eigenvalue weighted by Gasteiger charge is -2.34. The molecule has 26 heavy (non-hydrogen) atoms. The van der Waals surface area contributed by atoms with Crippen molar-refractivity contribution in [2.45, 2.75) is 33.2 Å². The van der Waals surface area contributed by atoms with Crippen LogP contribution in [-0.2, 0) is 16.1 Å². The van der Waals surface area contributed by atoms with Crippen LogP contribution in [0.1, 0.15) is 32.3 Å². The number of rotatable bonds is 10. The number of ether oxygens (including phenoxy) is 2. The van der Waals surface area contributed by atoms with Crippen molar-refractivity contribution in [1.82, 2.24) is 10.2 Å². The van der Waals surface area contributed by atoms with Crippen molar-refractivity contribution in [1.29, 1.82) is 0 Å². The summed E-state index contributed by atoms with van der Waals surface area (Å²) in [5.74, 6) is 0.843. The zero-order chi connectivity index (χ0) is 18.8. The van der Waals surface area contributed by atoms with E-state index < -0.39 is 5.41 Å². The highest BCUT2D eigenvalue weighted by molar-refractivity contribution is 5.83. The van der Waals surface area contributed by atoms with Crippen molar-refractivity contribution in [3.05, 3.63) is 29.8 Å². The molecule has 0 saturated carbocycles. The third kappa shape index (κ3) is 5.43. The number of para-hydroxylation sites is 1. The molecule has 0 atom stereocenters. The maximum absolute atomic E-state index is 12.7. The Balaban J connectivity index is 1.91. The molecule has 1 heterocycles. The summed E-state index contributed by atoms with van der Waals surface area (Å²) in [6, 6.07) is 7.87. The Labute approximate surface area is 157 Å². The molecule has 3 N–H and O–H groups in total. The Morgan fingerprint density at radius 1 is 1.27 bits per heavy atom. The predicted molar refractivity (Wildman–Crippen MR) is 103 cm³/mol. The highest BCUT2D eigenvalue weighted by Gasteiger charge is 2.38. The van der Waals surface area contributed by atoms with Gasteiger partial charge in [-0.15, -0.1) is 0 Å². The van der Waals surface area contributed by atoms with Gasteiger partial charge in [0.2, 0.25) is 5.91 Å². The first-order chi connectivity index (χ1) is 12.6. The van der Waals surface area contributed by atoms with Gasteiger partial charge in [0.15, 0.2) is 0 Å². The van der Waals surface area contributed by atoms with E-state index in [9.17, 15) is 4.79 Å². The Morgan fingerprint density at radius 3 is 2.62 bits per heavy atom. The van der Waals surface area contributed by atoms with E-state index in [0.29, 0.717) is 45.8 Å². The minimum atomic E-state index is -0.503. The zero-order valence-electron chi connectivity index (χ0n) is 16.1. The molecule has 1 aliphatic rings. The number of likely N-dealkylation sites (N-methyl/N-ethyl adjacent to an activating group) is 1. The molecule has 0 aromatic heterocycles. The fourth-order valence-corrected chi connectivity index (χ4v) is 3.26. The summed E-state index contributed by atoms with van der Waals surface area (Å²) in [6.45, 7) is 9.84. The van der Waals surface area contributed by atoms with E-state index >= 15 is 0 Å². The maximum atomic E-state index is 12.7. The molecule has 2 rings (SSSR count). The average Bonchev–Trinajstić information content (AvgIpc) is 2.70. The van der Waals surface area contributed by atoms with E-state index in [2.05, 4.69) is 24.1 Å². The van der Waals surface area contributed by atoms with Gasteiger partial charge in [-0.25, -0.2) is 0 Å². The summed E-state index contributed by atoms with van der Waals surface area (Å²) in [6.07, 6.45) is 1.36. The van der Waals surface area contributed by atoms with Gasteiger partial charge in [0.05, 0.1) is 5.41 Å². The van der Waals surface area contributed by atoms with Crippen LogP contribution in [0.15, 0.2) is 24.3 Å². The Morgan fingerprint density at radius 2 is 1.96 bits per heavy atom. The Kier molecular flexibility index (Phi) is 8.35. The van der Waals surface area contributed by atoms with Gasteiger partial charge in [0.1, 0.15) is 12.4 Å². The molecular weight excluding hydrogens is 330 g/mol. The molecule has 0 spiro atoms. The second-order valence-corrected chi connectivity index (χ2v) is 6.76. The second kappa shape index (κ2) is 10.5. The van der Waals surface area contributed by atoms with Crippen molar-refractivity contribution in [2.75, 3.05) is 46.0 Å². The molecule has 146 valence electrons. The van der Waals surface area contributed by atoms with Gasteiger partial charge < -0.3 is 25.4 Å². The predicted octanol–water partition coefficient (Wildman–Crippen LogP) is 1.78. The number of hydrogen-bond acceptors (Lipinski definition) is 5. The van der Waals surface area contributed by atoms with Gasteiger partial charge in [-0.3, -0.25) is 4.79 Å². The van der Waals surface area contributed by atoms with Crippen molar-refractivity contribution in [3.8, 4) is 5.75 Å². The molecule has 6 nitrogen and oxygen atoms in total. The van der Waals surface area contributed by atoms with Crippen LogP contribution in [0.3, 0.4) is 0 Å². The van der Waals surface area contributed by atoms with Crippen LogP contribution in [0.2, 0.25) is 0 Å². The van der Waals surface area contributed by atoms with Crippen LogP contribution in [0.25, 0.3) is 0 Å². The normalized spacial score (nSPS) is 16.5. The molecule has 0 unspecified atom stereocenters. The first kappa shape index (κ1) is 20.7. The SMILES string of the molecule is CCN(CC)CCOc1ccccc1CNC(=O)C1(CN)CCOCC1. The summed E-state index contributed by atoms with van der Waals surface area (Å²) in [4.78, 5) is 15.0. The van der Waals surface area contributed by atoms with Gasteiger partial charge in [0.25, 0.3) is 0 Å². The molecule has 6 heteroatoms. The molecule has 1 aromatic rings. The molecule has 0 radical (unpaired) electrons. The average molecular weight is 364 g/mol. The minimum absolute atomic E-state index is 0.0150.